The Labute approximate surface area is 182 Å². The van der Waals surface area contributed by atoms with Crippen LogP contribution in [-0.4, -0.2) is 32.3 Å². The summed E-state index contributed by atoms with van der Waals surface area (Å²) in [6, 6.07) is 0. The van der Waals surface area contributed by atoms with Crippen molar-refractivity contribution in [2.75, 3.05) is 0 Å². The molecule has 1 aromatic rings. The lowest BCUT2D eigenvalue weighted by Gasteiger charge is -2.39. The summed E-state index contributed by atoms with van der Waals surface area (Å²) in [6.45, 7) is 30.6. The summed E-state index contributed by atoms with van der Waals surface area (Å²) in [5, 5.41) is 7.19. The van der Waals surface area contributed by atoms with Crippen molar-refractivity contribution in [1.29, 1.82) is 0 Å². The van der Waals surface area contributed by atoms with E-state index in [1.165, 1.54) is 0 Å². The zero-order valence-electron chi connectivity index (χ0n) is 17.8. The topological polar surface area (TPSA) is 0 Å². The van der Waals surface area contributed by atoms with Crippen LogP contribution in [0, 0.1) is 7.14 Å². The quantitative estimate of drug-likeness (QED) is 0.327. The Hall–Kier alpha value is 1.55. The largest absolute Gasteiger partial charge is 0.0788 e. The molecule has 0 heterocycles. The lowest BCUT2D eigenvalue weighted by molar-refractivity contribution is 1.59. The first-order chi connectivity index (χ1) is 10.3. The van der Waals surface area contributed by atoms with Crippen LogP contribution in [0.1, 0.15) is 0 Å². The third-order valence-electron chi connectivity index (χ3n) is 4.38. The van der Waals surface area contributed by atoms with Gasteiger partial charge in [0, 0.05) is 7.14 Å². The Morgan fingerprint density at radius 3 is 0.583 bits per heavy atom. The van der Waals surface area contributed by atoms with E-state index in [0.717, 1.165) is 0 Å². The number of benzene rings is 1. The van der Waals surface area contributed by atoms with Gasteiger partial charge in [-0.15, -0.1) is 0 Å². The average molecular weight is 619 g/mol. The van der Waals surface area contributed by atoms with Gasteiger partial charge in [0.05, 0.1) is 32.3 Å². The molecule has 0 saturated carbocycles. The zero-order valence-corrected chi connectivity index (χ0v) is 26.1. The van der Waals surface area contributed by atoms with Gasteiger partial charge < -0.3 is 0 Å². The Morgan fingerprint density at radius 1 is 0.375 bits per heavy atom. The molecule has 0 fully saturated rings. The van der Waals surface area contributed by atoms with Gasteiger partial charge in [0.25, 0.3) is 0 Å². The molecule has 0 radical (unpaired) electrons. The molecule has 0 aliphatic heterocycles. The third kappa shape index (κ3) is 4.88. The predicted molar refractivity (Wildman–Crippen MR) is 144 cm³/mol. The van der Waals surface area contributed by atoms with Crippen LogP contribution in [0.15, 0.2) is 0 Å². The van der Waals surface area contributed by atoms with E-state index < -0.39 is 32.3 Å². The minimum Gasteiger partial charge on any atom is -0.0656 e. The van der Waals surface area contributed by atoms with Gasteiger partial charge >= 0.3 is 0 Å². The van der Waals surface area contributed by atoms with E-state index in [2.05, 4.69) is 124 Å². The highest BCUT2D eigenvalue weighted by molar-refractivity contribution is 14.1. The molecule has 0 N–H and O–H groups in total. The molecule has 0 spiro atoms. The average Bonchev–Trinajstić information content (AvgIpc) is 2.24. The molecule has 24 heavy (non-hydrogen) atoms. The van der Waals surface area contributed by atoms with Gasteiger partial charge in [0.15, 0.2) is 0 Å². The van der Waals surface area contributed by atoms with Crippen LogP contribution < -0.4 is 20.7 Å². The van der Waals surface area contributed by atoms with Crippen molar-refractivity contribution in [3.05, 3.63) is 7.14 Å². The molecule has 0 aliphatic rings. The first-order valence-corrected chi connectivity index (χ1v) is 25.0. The summed E-state index contributed by atoms with van der Waals surface area (Å²) in [5.74, 6) is 0. The fourth-order valence-corrected chi connectivity index (χ4v) is 26.7. The van der Waals surface area contributed by atoms with E-state index in [-0.39, 0.29) is 0 Å². The van der Waals surface area contributed by atoms with Gasteiger partial charge in [-0.05, 0) is 65.9 Å². The Balaban J connectivity index is 4.28. The molecule has 0 unspecified atom stereocenters. The normalized spacial score (nSPS) is 14.2. The third-order valence-corrected chi connectivity index (χ3v) is 17.1. The molecule has 1 rings (SSSR count). The van der Waals surface area contributed by atoms with E-state index in [0.29, 0.717) is 0 Å². The Bertz CT molecular complexity index is 529. The van der Waals surface area contributed by atoms with E-state index in [9.17, 15) is 0 Å². The molecule has 0 atom stereocenters. The second-order valence-electron chi connectivity index (χ2n) is 11.1. The molecule has 6 heteroatoms. The maximum Gasteiger partial charge on any atom is 0.0788 e. The zero-order chi connectivity index (χ0) is 19.5. The number of hydrogen-bond donors (Lipinski definition) is 0. The fourth-order valence-electron chi connectivity index (χ4n) is 3.51. The first-order valence-electron chi connectivity index (χ1n) is 8.88. The van der Waals surface area contributed by atoms with Crippen LogP contribution in [0.3, 0.4) is 0 Å². The maximum atomic E-state index is 2.75. The summed E-state index contributed by atoms with van der Waals surface area (Å²) in [7, 11) is -5.58. The standard InChI is InChI=1S/C18H36I2Si4/c1-21(2,3)15-13(19)17(23(7,8)9)18(24(10,11)12)14(20)16(15)22(4,5)6/h1-12H3. The van der Waals surface area contributed by atoms with E-state index in [4.69, 9.17) is 0 Å². The minimum atomic E-state index is -1.40. The van der Waals surface area contributed by atoms with Crippen molar-refractivity contribution >= 4 is 98.2 Å². The summed E-state index contributed by atoms with van der Waals surface area (Å²) in [5.41, 5.74) is 0. The summed E-state index contributed by atoms with van der Waals surface area (Å²) >= 11 is 5.50. The van der Waals surface area contributed by atoms with Gasteiger partial charge in [-0.2, -0.15) is 0 Å². The van der Waals surface area contributed by atoms with E-state index in [1.54, 1.807) is 27.9 Å². The number of rotatable bonds is 4. The highest BCUT2D eigenvalue weighted by atomic mass is 127. The van der Waals surface area contributed by atoms with Crippen molar-refractivity contribution < 1.29 is 0 Å². The first kappa shape index (κ1) is 23.6. The monoisotopic (exact) mass is 618 g/mol. The second kappa shape index (κ2) is 7.18. The van der Waals surface area contributed by atoms with Crippen LogP contribution in [0.2, 0.25) is 78.6 Å². The van der Waals surface area contributed by atoms with Gasteiger partial charge in [0.2, 0.25) is 0 Å². The number of halogens is 2. The summed E-state index contributed by atoms with van der Waals surface area (Å²) in [4.78, 5) is 0. The molecule has 0 aromatic heterocycles. The molecule has 1 aromatic carbocycles. The molecule has 0 nitrogen and oxygen atoms in total. The van der Waals surface area contributed by atoms with E-state index in [1.807, 2.05) is 0 Å². The van der Waals surface area contributed by atoms with Gasteiger partial charge in [-0.1, -0.05) is 78.6 Å². The summed E-state index contributed by atoms with van der Waals surface area (Å²) < 4.78 is 3.34. The van der Waals surface area contributed by atoms with Gasteiger partial charge in [-0.25, -0.2) is 0 Å². The number of hydrogen-bond acceptors (Lipinski definition) is 0. The van der Waals surface area contributed by atoms with Crippen LogP contribution in [0.25, 0.3) is 0 Å². The lowest BCUT2D eigenvalue weighted by Crippen LogP contribution is -2.69. The van der Waals surface area contributed by atoms with Crippen molar-refractivity contribution in [3.63, 3.8) is 0 Å². The molecule has 0 aliphatic carbocycles. The van der Waals surface area contributed by atoms with Crippen LogP contribution >= 0.6 is 45.2 Å². The molecule has 0 bridgehead atoms. The molecular weight excluding hydrogens is 582 g/mol. The Morgan fingerprint density at radius 2 is 0.500 bits per heavy atom. The minimum absolute atomic E-state index is 1.40. The van der Waals surface area contributed by atoms with Gasteiger partial charge in [-0.3, -0.25) is 0 Å². The maximum absolute atomic E-state index is 2.75. The van der Waals surface area contributed by atoms with Crippen LogP contribution in [-0.2, 0) is 0 Å². The Kier molecular flexibility index (Phi) is 7.05. The molecule has 0 amide bonds. The SMILES string of the molecule is C[Si](C)(C)c1c(I)c([Si](C)(C)C)c([Si](C)(C)C)c(I)c1[Si](C)(C)C. The fraction of sp³-hybridized carbons (Fsp3) is 0.667. The van der Waals surface area contributed by atoms with Crippen molar-refractivity contribution in [2.24, 2.45) is 0 Å². The van der Waals surface area contributed by atoms with Crippen LogP contribution in [0.5, 0.6) is 0 Å². The van der Waals surface area contributed by atoms with Crippen molar-refractivity contribution in [1.82, 2.24) is 0 Å². The summed E-state index contributed by atoms with van der Waals surface area (Å²) in [6.07, 6.45) is 0. The van der Waals surface area contributed by atoms with Crippen LogP contribution in [0.4, 0.5) is 0 Å². The highest BCUT2D eigenvalue weighted by Gasteiger charge is 2.40. The molecule has 0 saturated heterocycles. The molecular formula is C18H36I2Si4. The second-order valence-corrected chi connectivity index (χ2v) is 33.3. The lowest BCUT2D eigenvalue weighted by atomic mass is 10.3. The smallest absolute Gasteiger partial charge is 0.0656 e. The van der Waals surface area contributed by atoms with Crippen molar-refractivity contribution in [2.45, 2.75) is 78.6 Å². The van der Waals surface area contributed by atoms with Crippen molar-refractivity contribution in [3.8, 4) is 0 Å². The predicted octanol–water partition coefficient (Wildman–Crippen LogP) is 5.08. The molecule has 138 valence electrons. The van der Waals surface area contributed by atoms with E-state index >= 15 is 0 Å². The highest BCUT2D eigenvalue weighted by Crippen LogP contribution is 2.20. The van der Waals surface area contributed by atoms with Gasteiger partial charge in [0.1, 0.15) is 0 Å².